The van der Waals surface area contributed by atoms with Gasteiger partial charge in [0.05, 0.1) is 12.7 Å². The smallest absolute Gasteiger partial charge is 0.317 e. The van der Waals surface area contributed by atoms with E-state index in [0.717, 1.165) is 58.2 Å². The summed E-state index contributed by atoms with van der Waals surface area (Å²) in [4.78, 5) is 79.0. The van der Waals surface area contributed by atoms with E-state index in [4.69, 9.17) is 29.4 Å². The number of likely N-dealkylation sites (N-methyl/N-ethyl adjacent to an activating group) is 4. The van der Waals surface area contributed by atoms with Gasteiger partial charge in [-0.3, -0.25) is 18.7 Å². The van der Waals surface area contributed by atoms with E-state index in [0.29, 0.717) is 97.1 Å². The molecule has 1 saturated carbocycles. The molecule has 4 amide bonds. The molecule has 0 unspecified atom stereocenters. The van der Waals surface area contributed by atoms with Crippen LogP contribution in [-0.4, -0.2) is 239 Å². The second-order valence-corrected chi connectivity index (χ2v) is 21.0. The molecule has 10 rings (SSSR count). The molecule has 9 N–H and O–H groups in total. The van der Waals surface area contributed by atoms with Gasteiger partial charge in [0.15, 0.2) is 58.6 Å². The third kappa shape index (κ3) is 10.1. The molecule has 0 aromatic carbocycles. The molecule has 4 aromatic rings. The van der Waals surface area contributed by atoms with Crippen LogP contribution in [0, 0.1) is 0 Å². The zero-order valence-corrected chi connectivity index (χ0v) is 42.9. The molecule has 5 saturated heterocycles. The fraction of sp³-hybridized carbons (Fsp3) is 0.723. The minimum Gasteiger partial charge on any atom is -0.387 e. The highest BCUT2D eigenvalue weighted by atomic mass is 16.6. The van der Waals surface area contributed by atoms with Crippen molar-refractivity contribution in [2.24, 2.45) is 0 Å². The Morgan fingerprint density at radius 2 is 1.05 bits per heavy atom. The minimum absolute atomic E-state index is 0.00734. The Kier molecular flexibility index (Phi) is 15.0. The number of aliphatic hydroxyl groups is 4. The van der Waals surface area contributed by atoms with E-state index in [1.165, 1.54) is 12.7 Å². The number of rotatable bonds is 15. The van der Waals surface area contributed by atoms with E-state index in [-0.39, 0.29) is 24.2 Å². The number of likely N-dealkylation sites (tertiary alicyclic amines) is 1. The number of aliphatic hydroxyl groups excluding tert-OH is 4. The van der Waals surface area contributed by atoms with E-state index >= 15 is 0 Å². The highest BCUT2D eigenvalue weighted by Crippen LogP contribution is 2.37. The van der Waals surface area contributed by atoms with E-state index < -0.39 is 60.9 Å². The standard InChI is InChI=1S/C47H72N18O9/c1-7-48-41(70)35-31(66)33(68)43(73-35)64-22-50-29-37(55-45(57-39(29)64)61-17-14-27(20-61)59(3)4)52-24-9-11-25(12-10-24)54-47(72)63-16-13-26(19-63)53-38-30-40(58-46(56-38)62-18-15-28(21-62)60(5)6)65(23-51-30)44-34(69)32(67)36(74-44)42(71)49-8-2/h22-28,31-36,43-44,66-69H,7-21H2,1-6H3,(H,48,70)(H,49,71)(H,54,72)(H,52,55,57)(H,53,56,58)/t24?,25?,26-,27-,28-,31+,32+,33-,34-,35+,36+,43-,44-/m1/s1. The summed E-state index contributed by atoms with van der Waals surface area (Å²) in [5.74, 6) is 0.914. The van der Waals surface area contributed by atoms with Gasteiger partial charge in [-0.15, -0.1) is 0 Å². The van der Waals surface area contributed by atoms with Crippen molar-refractivity contribution >= 4 is 63.7 Å². The van der Waals surface area contributed by atoms with Crippen LogP contribution in [0.5, 0.6) is 0 Å². The number of anilines is 4. The quantitative estimate of drug-likeness (QED) is 0.0646. The number of nitrogens with one attached hydrogen (secondary N) is 5. The number of carbonyl (C=O) groups is 3. The molecule has 404 valence electrons. The van der Waals surface area contributed by atoms with E-state index in [1.54, 1.807) is 23.0 Å². The number of hydrogen-bond acceptors (Lipinski definition) is 21. The number of fused-ring (bicyclic) bond motifs is 2. The molecule has 4 aromatic heterocycles. The Bertz CT molecular complexity index is 2660. The molecule has 5 aliphatic heterocycles. The molecule has 0 bridgehead atoms. The molecule has 27 heteroatoms. The van der Waals surface area contributed by atoms with Gasteiger partial charge in [0.2, 0.25) is 11.9 Å². The molecule has 6 aliphatic rings. The van der Waals surface area contributed by atoms with Crippen LogP contribution >= 0.6 is 0 Å². The van der Waals surface area contributed by atoms with Crippen LogP contribution in [0.2, 0.25) is 0 Å². The SMILES string of the molecule is CCNC(=O)[C@H]1O[C@@H](n2cnc3c(NC4CCC(NC(=O)N5CC[C@@H](Nc6nc(N7CC[C@@H](N(C)C)C7)nc7c6ncn7[C@@H]6O[C@H](C(=O)NCC)[C@@H](O)[C@H]6O)C5)CC4)nc(N4CC[C@@H](N(C)C)C4)nc32)[C@H](O)[C@@H]1O. The lowest BCUT2D eigenvalue weighted by Crippen LogP contribution is -2.46. The number of ether oxygens (including phenoxy) is 2. The third-order valence-corrected chi connectivity index (χ3v) is 15.6. The van der Waals surface area contributed by atoms with Crippen molar-refractivity contribution in [2.75, 3.05) is 101 Å². The van der Waals surface area contributed by atoms with Crippen LogP contribution in [0.3, 0.4) is 0 Å². The largest absolute Gasteiger partial charge is 0.387 e. The fourth-order valence-electron chi connectivity index (χ4n) is 11.2. The Morgan fingerprint density at radius 3 is 1.50 bits per heavy atom. The topological polar surface area (TPSA) is 314 Å². The molecule has 9 heterocycles. The summed E-state index contributed by atoms with van der Waals surface area (Å²) in [5.41, 5.74) is 1.65. The predicted molar refractivity (Wildman–Crippen MR) is 270 cm³/mol. The first-order valence-electron chi connectivity index (χ1n) is 26.1. The summed E-state index contributed by atoms with van der Waals surface area (Å²) in [7, 11) is 8.20. The number of aromatic nitrogens is 8. The van der Waals surface area contributed by atoms with Crippen molar-refractivity contribution in [2.45, 2.75) is 138 Å². The molecule has 0 radical (unpaired) electrons. The van der Waals surface area contributed by atoms with Gasteiger partial charge in [-0.2, -0.15) is 19.9 Å². The number of imidazole rings is 2. The van der Waals surface area contributed by atoms with Crippen molar-refractivity contribution in [3.05, 3.63) is 12.7 Å². The predicted octanol–water partition coefficient (Wildman–Crippen LogP) is -1.62. The Morgan fingerprint density at radius 1 is 0.595 bits per heavy atom. The number of urea groups is 1. The fourth-order valence-corrected chi connectivity index (χ4v) is 11.2. The lowest BCUT2D eigenvalue weighted by atomic mass is 9.91. The summed E-state index contributed by atoms with van der Waals surface area (Å²) in [6.07, 6.45) is -2.16. The second kappa shape index (κ2) is 21.4. The molecule has 1 aliphatic carbocycles. The van der Waals surface area contributed by atoms with Crippen LogP contribution < -0.4 is 36.4 Å². The van der Waals surface area contributed by atoms with Crippen molar-refractivity contribution < 1.29 is 44.3 Å². The van der Waals surface area contributed by atoms with Crippen LogP contribution in [0.15, 0.2) is 12.7 Å². The van der Waals surface area contributed by atoms with Gasteiger partial charge < -0.3 is 81.0 Å². The molecule has 0 spiro atoms. The highest BCUT2D eigenvalue weighted by molar-refractivity contribution is 5.86. The number of amides is 4. The normalized spacial score (nSPS) is 31.4. The Labute approximate surface area is 428 Å². The van der Waals surface area contributed by atoms with Gasteiger partial charge in [0, 0.05) is 82.6 Å². The summed E-state index contributed by atoms with van der Waals surface area (Å²) < 4.78 is 15.1. The summed E-state index contributed by atoms with van der Waals surface area (Å²) >= 11 is 0. The summed E-state index contributed by atoms with van der Waals surface area (Å²) in [6.45, 7) is 8.03. The third-order valence-electron chi connectivity index (χ3n) is 15.6. The van der Waals surface area contributed by atoms with Gasteiger partial charge in [0.25, 0.3) is 11.8 Å². The van der Waals surface area contributed by atoms with E-state index in [1.807, 2.05) is 19.0 Å². The number of carbonyl (C=O) groups excluding carboxylic acids is 3. The van der Waals surface area contributed by atoms with Gasteiger partial charge in [-0.05, 0) is 87.0 Å². The highest BCUT2D eigenvalue weighted by Gasteiger charge is 2.49. The zero-order chi connectivity index (χ0) is 52.1. The summed E-state index contributed by atoms with van der Waals surface area (Å²) in [5, 5.41) is 59.8. The lowest BCUT2D eigenvalue weighted by Gasteiger charge is -2.31. The Hall–Kier alpha value is -5.81. The molecule has 6 fully saturated rings. The maximum absolute atomic E-state index is 13.9. The molecule has 27 nitrogen and oxygen atoms in total. The molecular weight excluding hydrogens is 961 g/mol. The second-order valence-electron chi connectivity index (χ2n) is 21.0. The minimum atomic E-state index is -1.47. The van der Waals surface area contributed by atoms with Crippen molar-refractivity contribution in [1.82, 2.24) is 69.7 Å². The maximum Gasteiger partial charge on any atom is 0.317 e. The average molecular weight is 1030 g/mol. The molecular formula is C47H72N18O9. The van der Waals surface area contributed by atoms with Gasteiger partial charge in [0.1, 0.15) is 24.4 Å². The first-order chi connectivity index (χ1) is 35.6. The average Bonchev–Trinajstić information content (AvgIpc) is 4.26. The first-order valence-corrected chi connectivity index (χ1v) is 26.1. The maximum atomic E-state index is 13.9. The van der Waals surface area contributed by atoms with Crippen LogP contribution in [0.1, 0.15) is 71.2 Å². The monoisotopic (exact) mass is 1030 g/mol. The van der Waals surface area contributed by atoms with Crippen molar-refractivity contribution in [3.63, 3.8) is 0 Å². The number of hydrogen-bond donors (Lipinski definition) is 9. The van der Waals surface area contributed by atoms with E-state index in [9.17, 15) is 34.8 Å². The Balaban J connectivity index is 0.797. The van der Waals surface area contributed by atoms with Gasteiger partial charge in [-0.25, -0.2) is 14.8 Å². The van der Waals surface area contributed by atoms with Crippen LogP contribution in [-0.2, 0) is 19.1 Å². The zero-order valence-electron chi connectivity index (χ0n) is 42.9. The first kappa shape index (κ1) is 51.7. The van der Waals surface area contributed by atoms with Crippen molar-refractivity contribution in [1.29, 1.82) is 0 Å². The summed E-state index contributed by atoms with van der Waals surface area (Å²) in [6, 6.07) is 0.255. The van der Waals surface area contributed by atoms with E-state index in [2.05, 4.69) is 70.2 Å². The molecule has 74 heavy (non-hydrogen) atoms. The van der Waals surface area contributed by atoms with Crippen molar-refractivity contribution in [3.8, 4) is 0 Å². The van der Waals surface area contributed by atoms with Crippen LogP contribution in [0.25, 0.3) is 22.3 Å². The van der Waals surface area contributed by atoms with Crippen LogP contribution in [0.4, 0.5) is 28.3 Å². The number of nitrogens with zero attached hydrogens (tertiary/aromatic N) is 13. The van der Waals surface area contributed by atoms with Gasteiger partial charge >= 0.3 is 6.03 Å². The molecule has 11 atom stereocenters. The lowest BCUT2D eigenvalue weighted by molar-refractivity contribution is -0.138. The van der Waals surface area contributed by atoms with Gasteiger partial charge in [-0.1, -0.05) is 0 Å².